The fraction of sp³-hybridized carbons (Fsp3) is 0.545. The lowest BCUT2D eigenvalue weighted by Crippen LogP contribution is -2.39. The highest BCUT2D eigenvalue weighted by Crippen LogP contribution is 2.35. The van der Waals surface area contributed by atoms with E-state index in [1.165, 1.54) is 0 Å². The SMILES string of the molecule is CC1(N)CCN(c2ncc(C(F)(F)F)cc2Cl)C1. The van der Waals surface area contributed by atoms with Gasteiger partial charge in [-0.05, 0) is 19.4 Å². The summed E-state index contributed by atoms with van der Waals surface area (Å²) >= 11 is 5.86. The highest BCUT2D eigenvalue weighted by atomic mass is 35.5. The number of aromatic nitrogens is 1. The lowest BCUT2D eigenvalue weighted by atomic mass is 10.0. The standard InChI is InChI=1S/C11H13ClF3N3/c1-10(16)2-3-18(6-10)9-8(12)4-7(5-17-9)11(13,14)15/h4-5H,2-3,6,16H2,1H3. The van der Waals surface area contributed by atoms with Gasteiger partial charge in [-0.1, -0.05) is 11.6 Å². The Morgan fingerprint density at radius 1 is 1.50 bits per heavy atom. The van der Waals surface area contributed by atoms with E-state index in [2.05, 4.69) is 4.98 Å². The molecule has 0 radical (unpaired) electrons. The van der Waals surface area contributed by atoms with Gasteiger partial charge in [0.25, 0.3) is 0 Å². The molecule has 0 bridgehead atoms. The average molecular weight is 280 g/mol. The molecular formula is C11H13ClF3N3. The zero-order valence-corrected chi connectivity index (χ0v) is 10.5. The smallest absolute Gasteiger partial charge is 0.353 e. The number of hydrogen-bond donors (Lipinski definition) is 1. The molecule has 2 rings (SSSR count). The van der Waals surface area contributed by atoms with Crippen LogP contribution in [-0.4, -0.2) is 23.6 Å². The van der Waals surface area contributed by atoms with E-state index in [1.54, 1.807) is 0 Å². The second kappa shape index (κ2) is 4.28. The second-order valence-electron chi connectivity index (χ2n) is 4.85. The van der Waals surface area contributed by atoms with E-state index in [0.29, 0.717) is 18.9 Å². The fourth-order valence-electron chi connectivity index (χ4n) is 1.98. The van der Waals surface area contributed by atoms with E-state index in [1.807, 2.05) is 11.8 Å². The summed E-state index contributed by atoms with van der Waals surface area (Å²) in [6.45, 7) is 3.07. The van der Waals surface area contributed by atoms with Crippen LogP contribution in [0.1, 0.15) is 18.9 Å². The fourth-order valence-corrected chi connectivity index (χ4v) is 2.27. The third-order valence-corrected chi connectivity index (χ3v) is 3.23. The monoisotopic (exact) mass is 279 g/mol. The molecule has 0 aromatic carbocycles. The lowest BCUT2D eigenvalue weighted by molar-refractivity contribution is -0.137. The van der Waals surface area contributed by atoms with Crippen molar-refractivity contribution in [3.63, 3.8) is 0 Å². The zero-order valence-electron chi connectivity index (χ0n) is 9.76. The van der Waals surface area contributed by atoms with E-state index in [-0.39, 0.29) is 10.6 Å². The van der Waals surface area contributed by atoms with E-state index >= 15 is 0 Å². The van der Waals surface area contributed by atoms with Crippen LogP contribution >= 0.6 is 11.6 Å². The molecule has 2 heterocycles. The van der Waals surface area contributed by atoms with Crippen LogP contribution in [0.25, 0.3) is 0 Å². The van der Waals surface area contributed by atoms with Crippen molar-refractivity contribution in [2.24, 2.45) is 5.73 Å². The largest absolute Gasteiger partial charge is 0.417 e. The van der Waals surface area contributed by atoms with Gasteiger partial charge in [0, 0.05) is 24.8 Å². The Morgan fingerprint density at radius 3 is 2.61 bits per heavy atom. The van der Waals surface area contributed by atoms with Gasteiger partial charge in [0.15, 0.2) is 0 Å². The molecule has 0 saturated carbocycles. The molecule has 3 nitrogen and oxygen atoms in total. The van der Waals surface area contributed by atoms with E-state index in [4.69, 9.17) is 17.3 Å². The molecule has 18 heavy (non-hydrogen) atoms. The van der Waals surface area contributed by atoms with Gasteiger partial charge < -0.3 is 10.6 Å². The average Bonchev–Trinajstić information content (AvgIpc) is 2.57. The van der Waals surface area contributed by atoms with Crippen LogP contribution in [0.15, 0.2) is 12.3 Å². The minimum Gasteiger partial charge on any atom is -0.353 e. The highest BCUT2D eigenvalue weighted by Gasteiger charge is 2.34. The maximum absolute atomic E-state index is 12.5. The number of anilines is 1. The van der Waals surface area contributed by atoms with Crippen molar-refractivity contribution in [2.75, 3.05) is 18.0 Å². The van der Waals surface area contributed by atoms with E-state index < -0.39 is 11.7 Å². The van der Waals surface area contributed by atoms with Gasteiger partial charge in [-0.15, -0.1) is 0 Å². The molecule has 7 heteroatoms. The summed E-state index contributed by atoms with van der Waals surface area (Å²) in [6, 6.07) is 0.899. The van der Waals surface area contributed by atoms with Crippen LogP contribution in [0.4, 0.5) is 19.0 Å². The van der Waals surface area contributed by atoms with Gasteiger partial charge in [0.2, 0.25) is 0 Å². The van der Waals surface area contributed by atoms with Crippen LogP contribution in [0, 0.1) is 0 Å². The van der Waals surface area contributed by atoms with Gasteiger partial charge in [-0.3, -0.25) is 0 Å². The molecule has 100 valence electrons. The number of alkyl halides is 3. The molecule has 1 aliphatic rings. The first-order valence-corrected chi connectivity index (χ1v) is 5.83. The normalized spacial score (nSPS) is 24.7. The third kappa shape index (κ3) is 2.70. The summed E-state index contributed by atoms with van der Waals surface area (Å²) < 4.78 is 37.4. The number of nitrogens with zero attached hydrogens (tertiary/aromatic N) is 2. The minimum atomic E-state index is -4.43. The number of pyridine rings is 1. The Hall–Kier alpha value is -1.01. The maximum Gasteiger partial charge on any atom is 0.417 e. The third-order valence-electron chi connectivity index (χ3n) is 2.95. The molecule has 1 fully saturated rings. The summed E-state index contributed by atoms with van der Waals surface area (Å²) in [5.41, 5.74) is 4.77. The van der Waals surface area contributed by atoms with E-state index in [0.717, 1.165) is 18.7 Å². The van der Waals surface area contributed by atoms with Crippen molar-refractivity contribution in [2.45, 2.75) is 25.1 Å². The molecule has 0 amide bonds. The van der Waals surface area contributed by atoms with Crippen LogP contribution in [0.5, 0.6) is 0 Å². The van der Waals surface area contributed by atoms with Gasteiger partial charge >= 0.3 is 6.18 Å². The zero-order chi connectivity index (χ0) is 13.6. The molecule has 1 aliphatic heterocycles. The lowest BCUT2D eigenvalue weighted by Gasteiger charge is -2.22. The Bertz CT molecular complexity index is 459. The molecule has 1 saturated heterocycles. The van der Waals surface area contributed by atoms with Gasteiger partial charge in [-0.25, -0.2) is 4.98 Å². The van der Waals surface area contributed by atoms with Crippen LogP contribution in [0.3, 0.4) is 0 Å². The first kappa shape index (κ1) is 13.4. The Morgan fingerprint density at radius 2 is 2.17 bits per heavy atom. The highest BCUT2D eigenvalue weighted by molar-refractivity contribution is 6.33. The second-order valence-corrected chi connectivity index (χ2v) is 5.26. The first-order valence-electron chi connectivity index (χ1n) is 5.46. The Kier molecular flexibility index (Phi) is 3.19. The van der Waals surface area contributed by atoms with Gasteiger partial charge in [-0.2, -0.15) is 13.2 Å². The molecule has 2 N–H and O–H groups in total. The van der Waals surface area contributed by atoms with Gasteiger partial charge in [0.05, 0.1) is 10.6 Å². The van der Waals surface area contributed by atoms with Crippen molar-refractivity contribution < 1.29 is 13.2 Å². The Balaban J connectivity index is 2.26. The Labute approximate surface area is 108 Å². The van der Waals surface area contributed by atoms with Crippen molar-refractivity contribution in [1.29, 1.82) is 0 Å². The summed E-state index contributed by atoms with van der Waals surface area (Å²) in [5.74, 6) is 0.360. The molecule has 1 aromatic rings. The molecule has 0 aliphatic carbocycles. The molecular weight excluding hydrogens is 267 g/mol. The summed E-state index contributed by atoms with van der Waals surface area (Å²) in [5, 5.41) is 0.00234. The minimum absolute atomic E-state index is 0.00234. The molecule has 0 spiro atoms. The van der Waals surface area contributed by atoms with Crippen LogP contribution in [0.2, 0.25) is 5.02 Å². The van der Waals surface area contributed by atoms with Crippen molar-refractivity contribution in [3.05, 3.63) is 22.8 Å². The predicted octanol–water partition coefficient (Wildman–Crippen LogP) is 2.68. The number of halogens is 4. The summed E-state index contributed by atoms with van der Waals surface area (Å²) in [7, 11) is 0. The molecule has 1 atom stereocenters. The van der Waals surface area contributed by atoms with Crippen molar-refractivity contribution in [1.82, 2.24) is 4.98 Å². The number of nitrogens with two attached hydrogens (primary N) is 1. The van der Waals surface area contributed by atoms with Crippen molar-refractivity contribution >= 4 is 17.4 Å². The molecule has 1 unspecified atom stereocenters. The van der Waals surface area contributed by atoms with Crippen LogP contribution < -0.4 is 10.6 Å². The van der Waals surface area contributed by atoms with E-state index in [9.17, 15) is 13.2 Å². The topological polar surface area (TPSA) is 42.1 Å². The summed E-state index contributed by atoms with van der Waals surface area (Å²) in [4.78, 5) is 5.62. The predicted molar refractivity (Wildman–Crippen MR) is 63.7 cm³/mol. The first-order chi connectivity index (χ1) is 8.19. The van der Waals surface area contributed by atoms with Crippen molar-refractivity contribution in [3.8, 4) is 0 Å². The summed E-state index contributed by atoms with van der Waals surface area (Å²) in [6.07, 6.45) is -2.87. The quantitative estimate of drug-likeness (QED) is 0.859. The molecule has 1 aromatic heterocycles. The number of hydrogen-bond acceptors (Lipinski definition) is 3. The van der Waals surface area contributed by atoms with Crippen LogP contribution in [-0.2, 0) is 6.18 Å². The number of rotatable bonds is 1. The maximum atomic E-state index is 12.5. The van der Waals surface area contributed by atoms with Gasteiger partial charge in [0.1, 0.15) is 5.82 Å².